The molecule has 0 aromatic carbocycles. The first-order chi connectivity index (χ1) is 5.74. The summed E-state index contributed by atoms with van der Waals surface area (Å²) in [6.07, 6.45) is 1.90. The monoisotopic (exact) mass is 181 g/mol. The van der Waals surface area contributed by atoms with Crippen molar-refractivity contribution in [3.63, 3.8) is 0 Å². The number of hydrogen-bond acceptors (Lipinski definition) is 2. The van der Waals surface area contributed by atoms with E-state index >= 15 is 0 Å². The molecule has 0 saturated carbocycles. The van der Waals surface area contributed by atoms with Gasteiger partial charge in [0.05, 0.1) is 10.6 Å². The van der Waals surface area contributed by atoms with E-state index in [4.69, 9.17) is 0 Å². The molecule has 0 atom stereocenters. The van der Waals surface area contributed by atoms with Crippen LogP contribution in [0.25, 0.3) is 5.70 Å². The zero-order valence-electron chi connectivity index (χ0n) is 7.13. The summed E-state index contributed by atoms with van der Waals surface area (Å²) >= 11 is 1.61. The Labute approximate surface area is 75.9 Å². The predicted octanol–water partition coefficient (Wildman–Crippen LogP) is 2.25. The van der Waals surface area contributed by atoms with Crippen molar-refractivity contribution >= 4 is 22.9 Å². The summed E-state index contributed by atoms with van der Waals surface area (Å²) in [4.78, 5) is 11.9. The molecular weight excluding hydrogens is 170 g/mol. The number of carbonyl (C=O) groups is 1. The normalized spacial score (nSPS) is 11.3. The maximum atomic E-state index is 10.8. The van der Waals surface area contributed by atoms with Crippen LogP contribution in [0, 0.1) is 0 Å². The molecule has 2 nitrogen and oxygen atoms in total. The Bertz CT molecular complexity index is 287. The molecule has 0 aliphatic carbocycles. The number of allylic oxidation sites excluding steroid dienone is 1. The fourth-order valence-corrected chi connectivity index (χ4v) is 1.65. The van der Waals surface area contributed by atoms with E-state index in [2.05, 4.69) is 5.32 Å². The standard InChI is InChI=1S/C9H11NOS/c1-3-8(10-7(2)11)9-5-4-6-12-9/h3-6H,1-2H3,(H,10,11)/b8-3-. The average molecular weight is 181 g/mol. The Morgan fingerprint density at radius 3 is 2.83 bits per heavy atom. The van der Waals surface area contributed by atoms with Gasteiger partial charge in [-0.1, -0.05) is 12.1 Å². The molecule has 0 spiro atoms. The molecule has 0 fully saturated rings. The molecular formula is C9H11NOS. The topological polar surface area (TPSA) is 29.1 Å². The van der Waals surface area contributed by atoms with Crippen LogP contribution in [0.4, 0.5) is 0 Å². The Hall–Kier alpha value is -1.09. The molecule has 0 unspecified atom stereocenters. The van der Waals surface area contributed by atoms with Gasteiger partial charge in [0.2, 0.25) is 5.91 Å². The molecule has 1 heterocycles. The maximum Gasteiger partial charge on any atom is 0.221 e. The van der Waals surface area contributed by atoms with E-state index in [0.717, 1.165) is 10.6 Å². The van der Waals surface area contributed by atoms with Crippen LogP contribution >= 0.6 is 11.3 Å². The molecule has 1 N–H and O–H groups in total. The van der Waals surface area contributed by atoms with Crippen LogP contribution in [0.3, 0.4) is 0 Å². The number of rotatable bonds is 2. The number of thiophene rings is 1. The van der Waals surface area contributed by atoms with Crippen molar-refractivity contribution in [1.82, 2.24) is 5.32 Å². The summed E-state index contributed by atoms with van der Waals surface area (Å²) in [5, 5.41) is 4.75. The minimum Gasteiger partial charge on any atom is -0.325 e. The fourth-order valence-electron chi connectivity index (χ4n) is 0.897. The zero-order chi connectivity index (χ0) is 8.97. The van der Waals surface area contributed by atoms with Gasteiger partial charge < -0.3 is 5.32 Å². The molecule has 12 heavy (non-hydrogen) atoms. The summed E-state index contributed by atoms with van der Waals surface area (Å²) in [5.41, 5.74) is 0.887. The van der Waals surface area contributed by atoms with E-state index in [9.17, 15) is 4.79 Å². The van der Waals surface area contributed by atoms with Crippen LogP contribution in [0.1, 0.15) is 18.7 Å². The second-order valence-electron chi connectivity index (χ2n) is 2.36. The third kappa shape index (κ3) is 2.20. The molecule has 0 aliphatic rings. The molecule has 1 aromatic rings. The Morgan fingerprint density at radius 2 is 2.42 bits per heavy atom. The minimum absolute atomic E-state index is 0.0310. The highest BCUT2D eigenvalue weighted by Gasteiger charge is 2.01. The summed E-state index contributed by atoms with van der Waals surface area (Å²) < 4.78 is 0. The van der Waals surface area contributed by atoms with Crippen molar-refractivity contribution in [2.75, 3.05) is 0 Å². The third-order valence-corrected chi connectivity index (χ3v) is 2.29. The van der Waals surface area contributed by atoms with E-state index in [1.54, 1.807) is 11.3 Å². The highest BCUT2D eigenvalue weighted by Crippen LogP contribution is 2.17. The van der Waals surface area contributed by atoms with Gasteiger partial charge in [0.25, 0.3) is 0 Å². The molecule has 0 aliphatic heterocycles. The zero-order valence-corrected chi connectivity index (χ0v) is 7.94. The van der Waals surface area contributed by atoms with Crippen molar-refractivity contribution in [3.05, 3.63) is 28.5 Å². The summed E-state index contributed by atoms with van der Waals surface area (Å²) in [6.45, 7) is 3.42. The predicted molar refractivity (Wildman–Crippen MR) is 51.8 cm³/mol. The minimum atomic E-state index is -0.0310. The lowest BCUT2D eigenvalue weighted by molar-refractivity contribution is -0.117. The Kier molecular flexibility index (Phi) is 3.05. The van der Waals surface area contributed by atoms with Gasteiger partial charge in [-0.05, 0) is 18.4 Å². The molecule has 1 aromatic heterocycles. The lowest BCUT2D eigenvalue weighted by Gasteiger charge is -2.03. The highest BCUT2D eigenvalue weighted by atomic mass is 32.1. The van der Waals surface area contributed by atoms with E-state index in [0.29, 0.717) is 0 Å². The summed E-state index contributed by atoms with van der Waals surface area (Å²) in [5.74, 6) is -0.0310. The summed E-state index contributed by atoms with van der Waals surface area (Å²) in [7, 11) is 0. The molecule has 64 valence electrons. The molecule has 3 heteroatoms. The van der Waals surface area contributed by atoms with Gasteiger partial charge in [-0.3, -0.25) is 4.79 Å². The van der Waals surface area contributed by atoms with Crippen molar-refractivity contribution in [2.24, 2.45) is 0 Å². The second kappa shape index (κ2) is 4.07. The molecule has 1 amide bonds. The van der Waals surface area contributed by atoms with Crippen LogP contribution in [0.15, 0.2) is 23.6 Å². The van der Waals surface area contributed by atoms with E-state index in [1.807, 2.05) is 30.5 Å². The van der Waals surface area contributed by atoms with Crippen molar-refractivity contribution in [1.29, 1.82) is 0 Å². The van der Waals surface area contributed by atoms with Crippen LogP contribution in [-0.2, 0) is 4.79 Å². The Morgan fingerprint density at radius 1 is 1.67 bits per heavy atom. The van der Waals surface area contributed by atoms with Gasteiger partial charge in [0, 0.05) is 6.92 Å². The Balaban J connectivity index is 2.78. The maximum absolute atomic E-state index is 10.8. The molecule has 0 radical (unpaired) electrons. The molecule has 0 saturated heterocycles. The lowest BCUT2D eigenvalue weighted by Crippen LogP contribution is -2.17. The van der Waals surface area contributed by atoms with Crippen LogP contribution in [-0.4, -0.2) is 5.91 Å². The van der Waals surface area contributed by atoms with Crippen molar-refractivity contribution < 1.29 is 4.79 Å². The summed E-state index contributed by atoms with van der Waals surface area (Å²) in [6, 6.07) is 3.95. The van der Waals surface area contributed by atoms with Gasteiger partial charge in [-0.25, -0.2) is 0 Å². The van der Waals surface area contributed by atoms with E-state index in [1.165, 1.54) is 6.92 Å². The second-order valence-corrected chi connectivity index (χ2v) is 3.31. The first-order valence-electron chi connectivity index (χ1n) is 3.72. The lowest BCUT2D eigenvalue weighted by atomic mass is 10.3. The van der Waals surface area contributed by atoms with Gasteiger partial charge in [-0.2, -0.15) is 0 Å². The number of hydrogen-bond donors (Lipinski definition) is 1. The van der Waals surface area contributed by atoms with Crippen molar-refractivity contribution in [2.45, 2.75) is 13.8 Å². The SMILES string of the molecule is C/C=C(\NC(C)=O)c1cccs1. The molecule has 0 bridgehead atoms. The highest BCUT2D eigenvalue weighted by molar-refractivity contribution is 7.11. The van der Waals surface area contributed by atoms with Gasteiger partial charge >= 0.3 is 0 Å². The number of amides is 1. The first kappa shape index (κ1) is 9.00. The third-order valence-electron chi connectivity index (χ3n) is 1.39. The molecule has 1 rings (SSSR count). The smallest absolute Gasteiger partial charge is 0.221 e. The number of nitrogens with one attached hydrogen (secondary N) is 1. The van der Waals surface area contributed by atoms with Gasteiger partial charge in [-0.15, -0.1) is 11.3 Å². The van der Waals surface area contributed by atoms with Gasteiger partial charge in [0.1, 0.15) is 0 Å². The number of carbonyl (C=O) groups excluding carboxylic acids is 1. The quantitative estimate of drug-likeness (QED) is 0.745. The average Bonchev–Trinajstić information content (AvgIpc) is 2.51. The van der Waals surface area contributed by atoms with E-state index in [-0.39, 0.29) is 5.91 Å². The first-order valence-corrected chi connectivity index (χ1v) is 4.59. The largest absolute Gasteiger partial charge is 0.325 e. The van der Waals surface area contributed by atoms with Crippen LogP contribution in [0.5, 0.6) is 0 Å². The van der Waals surface area contributed by atoms with Crippen molar-refractivity contribution in [3.8, 4) is 0 Å². The van der Waals surface area contributed by atoms with Gasteiger partial charge in [0.15, 0.2) is 0 Å². The fraction of sp³-hybridized carbons (Fsp3) is 0.222. The van der Waals surface area contributed by atoms with Crippen LogP contribution in [0.2, 0.25) is 0 Å². The van der Waals surface area contributed by atoms with Crippen LogP contribution < -0.4 is 5.32 Å². The van der Waals surface area contributed by atoms with E-state index < -0.39 is 0 Å².